The van der Waals surface area contributed by atoms with Crippen molar-refractivity contribution in [1.82, 2.24) is 14.7 Å². The minimum Gasteiger partial charge on any atom is -0.480 e. The molecule has 1 heterocycles. The van der Waals surface area contributed by atoms with Crippen LogP contribution in [0.2, 0.25) is 0 Å². The molecule has 156 valence electrons. The quantitative estimate of drug-likeness (QED) is 0.772. The number of carbonyl (C=O) groups is 3. The number of hydrogen-bond donors (Lipinski definition) is 1. The van der Waals surface area contributed by atoms with Gasteiger partial charge in [-0.1, -0.05) is 0 Å². The summed E-state index contributed by atoms with van der Waals surface area (Å²) in [5.74, 6) is -0.957. The lowest BCUT2D eigenvalue weighted by Gasteiger charge is -2.30. The fraction of sp³-hybridized carbons (Fsp3) is 0.833. The lowest BCUT2D eigenvalue weighted by molar-refractivity contribution is -0.138. The minimum absolute atomic E-state index is 0.162. The van der Waals surface area contributed by atoms with Crippen LogP contribution in [0.25, 0.3) is 0 Å². The highest BCUT2D eigenvalue weighted by Gasteiger charge is 2.28. The Morgan fingerprint density at radius 2 is 1.07 bits per heavy atom. The Bertz CT molecular complexity index is 498. The van der Waals surface area contributed by atoms with E-state index < -0.39 is 29.4 Å². The molecule has 0 aromatic rings. The molecule has 9 heteroatoms. The molecule has 1 fully saturated rings. The summed E-state index contributed by atoms with van der Waals surface area (Å²) in [5, 5.41) is 9.10. The first-order valence-corrected chi connectivity index (χ1v) is 9.17. The molecule has 0 spiro atoms. The Morgan fingerprint density at radius 1 is 0.741 bits per heavy atom. The third-order valence-electron chi connectivity index (χ3n) is 3.67. The fourth-order valence-electron chi connectivity index (χ4n) is 2.47. The number of carboxylic acids is 1. The Kier molecular flexibility index (Phi) is 7.89. The highest BCUT2D eigenvalue weighted by molar-refractivity contribution is 5.70. The summed E-state index contributed by atoms with van der Waals surface area (Å²) in [5.41, 5.74) is -1.28. The highest BCUT2D eigenvalue weighted by Crippen LogP contribution is 2.13. The van der Waals surface area contributed by atoms with Gasteiger partial charge in [0.2, 0.25) is 0 Å². The molecule has 27 heavy (non-hydrogen) atoms. The van der Waals surface area contributed by atoms with Gasteiger partial charge in [-0.3, -0.25) is 9.69 Å². The van der Waals surface area contributed by atoms with E-state index in [9.17, 15) is 14.4 Å². The molecule has 9 nitrogen and oxygen atoms in total. The van der Waals surface area contributed by atoms with Crippen molar-refractivity contribution in [3.8, 4) is 0 Å². The molecule has 0 radical (unpaired) electrons. The molecule has 1 N–H and O–H groups in total. The van der Waals surface area contributed by atoms with Crippen LogP contribution >= 0.6 is 0 Å². The molecular weight excluding hydrogens is 354 g/mol. The Labute approximate surface area is 161 Å². The van der Waals surface area contributed by atoms with Crippen LogP contribution in [0.1, 0.15) is 41.5 Å². The maximum atomic E-state index is 12.5. The molecule has 1 aliphatic heterocycles. The molecule has 0 aromatic carbocycles. The van der Waals surface area contributed by atoms with E-state index >= 15 is 0 Å². The van der Waals surface area contributed by atoms with E-state index in [4.69, 9.17) is 14.6 Å². The summed E-state index contributed by atoms with van der Waals surface area (Å²) in [4.78, 5) is 40.7. The molecule has 0 aliphatic carbocycles. The van der Waals surface area contributed by atoms with Crippen LogP contribution < -0.4 is 0 Å². The zero-order valence-electron chi connectivity index (χ0n) is 17.3. The molecule has 0 atom stereocenters. The summed E-state index contributed by atoms with van der Waals surface area (Å²) in [7, 11) is 0. The Hall–Kier alpha value is -2.03. The maximum Gasteiger partial charge on any atom is 0.410 e. The highest BCUT2D eigenvalue weighted by atomic mass is 16.6. The number of carbonyl (C=O) groups excluding carboxylic acids is 2. The number of hydrogen-bond acceptors (Lipinski definition) is 6. The second kappa shape index (κ2) is 9.25. The van der Waals surface area contributed by atoms with E-state index in [0.717, 1.165) is 0 Å². The van der Waals surface area contributed by atoms with Crippen molar-refractivity contribution < 1.29 is 29.0 Å². The molecule has 0 saturated carbocycles. The normalized spacial score (nSPS) is 17.6. The van der Waals surface area contributed by atoms with Crippen LogP contribution in [0.3, 0.4) is 0 Å². The Morgan fingerprint density at radius 3 is 1.37 bits per heavy atom. The van der Waals surface area contributed by atoms with Gasteiger partial charge in [0.05, 0.1) is 6.54 Å². The van der Waals surface area contributed by atoms with E-state index in [-0.39, 0.29) is 19.6 Å². The first-order chi connectivity index (χ1) is 12.3. The third-order valence-corrected chi connectivity index (χ3v) is 3.67. The number of nitrogens with zero attached hydrogens (tertiary/aromatic N) is 3. The summed E-state index contributed by atoms with van der Waals surface area (Å²) in [6, 6.07) is 0. The Balaban J connectivity index is 2.91. The van der Waals surface area contributed by atoms with Crippen LogP contribution in [0, 0.1) is 0 Å². The standard InChI is InChI=1S/C18H33N3O6/c1-17(2,3)26-15(24)20-9-7-19(13-14(22)23)8-10-21(12-11-20)16(25)27-18(4,5)6/h7-13H2,1-6H3,(H,22,23). The van der Waals surface area contributed by atoms with E-state index in [1.165, 1.54) is 9.80 Å². The number of aliphatic carboxylic acids is 1. The first kappa shape index (κ1) is 23.0. The van der Waals surface area contributed by atoms with Gasteiger partial charge in [0.25, 0.3) is 0 Å². The minimum atomic E-state index is -0.957. The smallest absolute Gasteiger partial charge is 0.410 e. The van der Waals surface area contributed by atoms with E-state index in [1.807, 2.05) is 0 Å². The molecule has 1 saturated heterocycles. The average molecular weight is 387 g/mol. The third kappa shape index (κ3) is 9.46. The molecule has 1 rings (SSSR count). The summed E-state index contributed by atoms with van der Waals surface area (Å²) >= 11 is 0. The van der Waals surface area contributed by atoms with Crippen molar-refractivity contribution in [1.29, 1.82) is 0 Å². The van der Waals surface area contributed by atoms with Crippen molar-refractivity contribution in [2.75, 3.05) is 45.8 Å². The van der Waals surface area contributed by atoms with Crippen molar-refractivity contribution in [2.24, 2.45) is 0 Å². The number of ether oxygens (including phenoxy) is 2. The van der Waals surface area contributed by atoms with Crippen LogP contribution in [0.15, 0.2) is 0 Å². The molecule has 0 aromatic heterocycles. The zero-order valence-corrected chi connectivity index (χ0v) is 17.3. The average Bonchev–Trinajstić information content (AvgIpc) is 2.54. The second-order valence-electron chi connectivity index (χ2n) is 8.60. The van der Waals surface area contributed by atoms with E-state index in [0.29, 0.717) is 26.2 Å². The largest absolute Gasteiger partial charge is 0.480 e. The second-order valence-corrected chi connectivity index (χ2v) is 8.60. The summed E-state index contributed by atoms with van der Waals surface area (Å²) in [6.45, 7) is 12.5. The zero-order chi connectivity index (χ0) is 20.8. The van der Waals surface area contributed by atoms with Gasteiger partial charge in [-0.25, -0.2) is 9.59 Å². The van der Waals surface area contributed by atoms with Gasteiger partial charge in [0, 0.05) is 39.3 Å². The monoisotopic (exact) mass is 387 g/mol. The van der Waals surface area contributed by atoms with E-state index in [2.05, 4.69) is 0 Å². The fourth-order valence-corrected chi connectivity index (χ4v) is 2.47. The van der Waals surface area contributed by atoms with Crippen molar-refractivity contribution >= 4 is 18.2 Å². The molecule has 2 amide bonds. The van der Waals surface area contributed by atoms with Gasteiger partial charge in [-0.05, 0) is 41.5 Å². The molecule has 0 unspecified atom stereocenters. The lowest BCUT2D eigenvalue weighted by Crippen LogP contribution is -2.44. The van der Waals surface area contributed by atoms with Gasteiger partial charge in [-0.15, -0.1) is 0 Å². The van der Waals surface area contributed by atoms with Gasteiger partial charge < -0.3 is 24.4 Å². The van der Waals surface area contributed by atoms with Gasteiger partial charge in [0.1, 0.15) is 11.2 Å². The van der Waals surface area contributed by atoms with Gasteiger partial charge in [-0.2, -0.15) is 0 Å². The predicted octanol–water partition coefficient (Wildman–Crippen LogP) is 1.86. The van der Waals surface area contributed by atoms with Crippen LogP contribution in [0.4, 0.5) is 9.59 Å². The van der Waals surface area contributed by atoms with Crippen molar-refractivity contribution in [3.05, 3.63) is 0 Å². The number of rotatable bonds is 2. The topological polar surface area (TPSA) is 99.6 Å². The first-order valence-electron chi connectivity index (χ1n) is 9.17. The maximum absolute atomic E-state index is 12.5. The molecule has 1 aliphatic rings. The number of carboxylic acid groups (broad SMARTS) is 1. The van der Waals surface area contributed by atoms with Crippen LogP contribution in [0.5, 0.6) is 0 Å². The lowest BCUT2D eigenvalue weighted by atomic mass is 10.2. The van der Waals surface area contributed by atoms with Crippen molar-refractivity contribution in [2.45, 2.75) is 52.7 Å². The number of amides is 2. The predicted molar refractivity (Wildman–Crippen MR) is 99.7 cm³/mol. The molecular formula is C18H33N3O6. The van der Waals surface area contributed by atoms with Crippen LogP contribution in [-0.4, -0.2) is 95.0 Å². The summed E-state index contributed by atoms with van der Waals surface area (Å²) < 4.78 is 10.8. The van der Waals surface area contributed by atoms with Gasteiger partial charge >= 0.3 is 18.2 Å². The van der Waals surface area contributed by atoms with Crippen molar-refractivity contribution in [3.63, 3.8) is 0 Å². The molecule has 0 bridgehead atoms. The van der Waals surface area contributed by atoms with Crippen LogP contribution in [-0.2, 0) is 14.3 Å². The SMILES string of the molecule is CC(C)(C)OC(=O)N1CCN(CC(=O)O)CCN(C(=O)OC(C)(C)C)CC1. The summed E-state index contributed by atoms with van der Waals surface area (Å²) in [6.07, 6.45) is -0.965. The van der Waals surface area contributed by atoms with Gasteiger partial charge in [0.15, 0.2) is 0 Å². The van der Waals surface area contributed by atoms with E-state index in [1.54, 1.807) is 46.4 Å².